The molecule has 2 unspecified atom stereocenters. The number of benzene rings is 1. The highest BCUT2D eigenvalue weighted by molar-refractivity contribution is 5.83. The summed E-state index contributed by atoms with van der Waals surface area (Å²) >= 11 is 0. The number of rotatable bonds is 7. The zero-order chi connectivity index (χ0) is 17.7. The van der Waals surface area contributed by atoms with Crippen molar-refractivity contribution in [2.75, 3.05) is 21.3 Å². The molecule has 0 aliphatic rings. The quantitative estimate of drug-likeness (QED) is 0.805. The first kappa shape index (κ1) is 17.8. The Labute approximate surface area is 142 Å². The molecule has 7 heteroatoms. The molecule has 2 atom stereocenters. The summed E-state index contributed by atoms with van der Waals surface area (Å²) in [5.41, 5.74) is 1.66. The van der Waals surface area contributed by atoms with E-state index < -0.39 is 6.04 Å². The molecule has 1 amide bonds. The van der Waals surface area contributed by atoms with Crippen LogP contribution in [0, 0.1) is 0 Å². The first-order valence-electron chi connectivity index (χ1n) is 7.68. The van der Waals surface area contributed by atoms with Crippen molar-refractivity contribution >= 4 is 5.91 Å². The number of aryl methyl sites for hydroxylation is 1. The van der Waals surface area contributed by atoms with E-state index in [1.165, 1.54) is 0 Å². The number of amides is 1. The van der Waals surface area contributed by atoms with Gasteiger partial charge in [0, 0.05) is 24.4 Å². The molecule has 0 aliphatic heterocycles. The van der Waals surface area contributed by atoms with Gasteiger partial charge in [0.05, 0.1) is 26.5 Å². The van der Waals surface area contributed by atoms with Crippen molar-refractivity contribution in [3.63, 3.8) is 0 Å². The highest BCUT2D eigenvalue weighted by Crippen LogP contribution is 2.29. The molecule has 130 valence electrons. The maximum atomic E-state index is 12.6. The van der Waals surface area contributed by atoms with Crippen molar-refractivity contribution in [1.29, 1.82) is 0 Å². The lowest BCUT2D eigenvalue weighted by Crippen LogP contribution is -2.37. The summed E-state index contributed by atoms with van der Waals surface area (Å²) in [6, 6.07) is 4.80. The van der Waals surface area contributed by atoms with E-state index >= 15 is 0 Å². The summed E-state index contributed by atoms with van der Waals surface area (Å²) < 4.78 is 12.3. The van der Waals surface area contributed by atoms with Crippen LogP contribution < -0.4 is 20.1 Å². The number of ether oxygens (including phenoxy) is 2. The van der Waals surface area contributed by atoms with Crippen LogP contribution in [0.3, 0.4) is 0 Å². The fraction of sp³-hybridized carbons (Fsp3) is 0.412. The molecule has 0 spiro atoms. The van der Waals surface area contributed by atoms with Gasteiger partial charge >= 0.3 is 0 Å². The van der Waals surface area contributed by atoms with Crippen molar-refractivity contribution in [2.45, 2.75) is 19.0 Å². The summed E-state index contributed by atoms with van der Waals surface area (Å²) in [7, 11) is 6.77. The third-order valence-corrected chi connectivity index (χ3v) is 3.87. The lowest BCUT2D eigenvalue weighted by atomic mass is 10.0. The van der Waals surface area contributed by atoms with Crippen molar-refractivity contribution in [3.8, 4) is 11.5 Å². The van der Waals surface area contributed by atoms with Gasteiger partial charge in [-0.25, -0.2) is 0 Å². The minimum atomic E-state index is -0.474. The van der Waals surface area contributed by atoms with E-state index in [1.54, 1.807) is 32.1 Å². The van der Waals surface area contributed by atoms with Gasteiger partial charge < -0.3 is 20.1 Å². The van der Waals surface area contributed by atoms with Crippen molar-refractivity contribution in [3.05, 3.63) is 41.7 Å². The number of carbonyl (C=O) groups excluding carboxylic acids is 1. The molecular formula is C17H24N4O3. The van der Waals surface area contributed by atoms with E-state index in [-0.39, 0.29) is 11.9 Å². The molecule has 0 radical (unpaired) electrons. The molecule has 1 heterocycles. The van der Waals surface area contributed by atoms with Crippen LogP contribution in [0.25, 0.3) is 0 Å². The van der Waals surface area contributed by atoms with E-state index in [0.717, 1.165) is 11.1 Å². The topological polar surface area (TPSA) is 77.4 Å². The molecular weight excluding hydrogens is 308 g/mol. The third kappa shape index (κ3) is 3.86. The standard InChI is InChI=1S/C17H24N4O3/c1-11(14-8-13(23-4)6-7-15(14)24-5)20-17(22)16(18-2)12-9-19-21(3)10-12/h6-11,16,18H,1-5H3,(H,20,22). The maximum absolute atomic E-state index is 12.6. The first-order chi connectivity index (χ1) is 11.5. The molecule has 24 heavy (non-hydrogen) atoms. The Kier molecular flexibility index (Phi) is 5.81. The molecule has 1 aromatic carbocycles. The van der Waals surface area contributed by atoms with Crippen molar-refractivity contribution in [2.24, 2.45) is 7.05 Å². The van der Waals surface area contributed by atoms with Crippen molar-refractivity contribution < 1.29 is 14.3 Å². The lowest BCUT2D eigenvalue weighted by molar-refractivity contribution is -0.123. The summed E-state index contributed by atoms with van der Waals surface area (Å²) in [6.45, 7) is 1.91. The number of likely N-dealkylation sites (N-methyl/N-ethyl adjacent to an activating group) is 1. The van der Waals surface area contributed by atoms with Gasteiger partial charge in [-0.2, -0.15) is 5.10 Å². The average Bonchev–Trinajstić information content (AvgIpc) is 3.00. The van der Waals surface area contributed by atoms with Crippen LogP contribution in [0.15, 0.2) is 30.6 Å². The van der Waals surface area contributed by atoms with Gasteiger partial charge in [0.2, 0.25) is 5.91 Å². The highest BCUT2D eigenvalue weighted by atomic mass is 16.5. The van der Waals surface area contributed by atoms with Gasteiger partial charge in [-0.05, 0) is 32.2 Å². The van der Waals surface area contributed by atoms with Gasteiger partial charge in [-0.1, -0.05) is 0 Å². The first-order valence-corrected chi connectivity index (χ1v) is 7.68. The molecule has 1 aromatic heterocycles. The predicted octanol–water partition coefficient (Wildman–Crippen LogP) is 1.58. The number of nitrogens with one attached hydrogen (secondary N) is 2. The molecule has 0 fully saturated rings. The Hall–Kier alpha value is -2.54. The number of carbonyl (C=O) groups is 1. The van der Waals surface area contributed by atoms with E-state index in [9.17, 15) is 4.79 Å². The van der Waals surface area contributed by atoms with Gasteiger partial charge in [0.15, 0.2) is 0 Å². The van der Waals surface area contributed by atoms with Crippen LogP contribution in [-0.2, 0) is 11.8 Å². The summed E-state index contributed by atoms with van der Waals surface area (Å²) in [5, 5.41) is 10.1. The molecule has 0 aliphatic carbocycles. The van der Waals surface area contributed by atoms with E-state index in [4.69, 9.17) is 9.47 Å². The van der Waals surface area contributed by atoms with Gasteiger partial charge in [0.25, 0.3) is 0 Å². The Bertz CT molecular complexity index is 699. The second kappa shape index (κ2) is 7.83. The van der Waals surface area contributed by atoms with Gasteiger partial charge in [-0.3, -0.25) is 9.48 Å². The molecule has 2 N–H and O–H groups in total. The smallest absolute Gasteiger partial charge is 0.242 e. The SMILES string of the molecule is CNC(C(=O)NC(C)c1cc(OC)ccc1OC)c1cnn(C)c1. The summed E-state index contributed by atoms with van der Waals surface area (Å²) in [5.74, 6) is 1.28. The molecule has 0 saturated heterocycles. The summed E-state index contributed by atoms with van der Waals surface area (Å²) in [6.07, 6.45) is 3.50. The molecule has 0 saturated carbocycles. The van der Waals surface area contributed by atoms with Gasteiger partial charge in [0.1, 0.15) is 17.5 Å². The third-order valence-electron chi connectivity index (χ3n) is 3.87. The van der Waals surface area contributed by atoms with Crippen LogP contribution in [-0.4, -0.2) is 37.0 Å². The number of aromatic nitrogens is 2. The number of nitrogens with zero attached hydrogens (tertiary/aromatic N) is 2. The molecule has 0 bridgehead atoms. The zero-order valence-corrected chi connectivity index (χ0v) is 14.7. The van der Waals surface area contributed by atoms with Crippen LogP contribution in [0.5, 0.6) is 11.5 Å². The van der Waals surface area contributed by atoms with Crippen molar-refractivity contribution in [1.82, 2.24) is 20.4 Å². The highest BCUT2D eigenvalue weighted by Gasteiger charge is 2.23. The Morgan fingerprint density at radius 2 is 2.04 bits per heavy atom. The van der Waals surface area contributed by atoms with Crippen LogP contribution in [0.4, 0.5) is 0 Å². The molecule has 7 nitrogen and oxygen atoms in total. The lowest BCUT2D eigenvalue weighted by Gasteiger charge is -2.21. The Balaban J connectivity index is 2.18. The number of methoxy groups -OCH3 is 2. The zero-order valence-electron chi connectivity index (χ0n) is 14.7. The predicted molar refractivity (Wildman–Crippen MR) is 91.1 cm³/mol. The second-order valence-electron chi connectivity index (χ2n) is 5.51. The molecule has 2 aromatic rings. The summed E-state index contributed by atoms with van der Waals surface area (Å²) in [4.78, 5) is 12.6. The minimum Gasteiger partial charge on any atom is -0.497 e. The number of hydrogen-bond donors (Lipinski definition) is 2. The Morgan fingerprint density at radius 1 is 1.29 bits per heavy atom. The van der Waals surface area contributed by atoms with Crippen LogP contribution in [0.1, 0.15) is 30.1 Å². The largest absolute Gasteiger partial charge is 0.497 e. The fourth-order valence-corrected chi connectivity index (χ4v) is 2.59. The normalized spacial score (nSPS) is 13.2. The van der Waals surface area contributed by atoms with E-state index in [1.807, 2.05) is 38.4 Å². The minimum absolute atomic E-state index is 0.136. The van der Waals surface area contributed by atoms with E-state index in [0.29, 0.717) is 11.5 Å². The Morgan fingerprint density at radius 3 is 2.58 bits per heavy atom. The maximum Gasteiger partial charge on any atom is 0.242 e. The van der Waals surface area contributed by atoms with Gasteiger partial charge in [-0.15, -0.1) is 0 Å². The fourth-order valence-electron chi connectivity index (χ4n) is 2.59. The van der Waals surface area contributed by atoms with Crippen LogP contribution in [0.2, 0.25) is 0 Å². The molecule has 2 rings (SSSR count). The monoisotopic (exact) mass is 332 g/mol. The van der Waals surface area contributed by atoms with E-state index in [2.05, 4.69) is 15.7 Å². The average molecular weight is 332 g/mol. The number of hydrogen-bond acceptors (Lipinski definition) is 5. The second-order valence-corrected chi connectivity index (χ2v) is 5.51. The van der Waals surface area contributed by atoms with Crippen LogP contribution >= 0.6 is 0 Å².